The fraction of sp³-hybridized carbons (Fsp3) is 0.296. The maximum Gasteiger partial charge on any atom is 0.277 e. The zero-order valence-corrected chi connectivity index (χ0v) is 19.6. The van der Waals surface area contributed by atoms with E-state index in [0.29, 0.717) is 43.6 Å². The molecule has 1 saturated heterocycles. The number of aliphatic hydroxyl groups is 1. The van der Waals surface area contributed by atoms with Crippen LogP contribution in [0, 0.1) is 0 Å². The molecule has 1 fully saturated rings. The molecule has 0 unspecified atom stereocenters. The minimum Gasteiger partial charge on any atom is -0.494 e. The standard InChI is InChI=1S/C27H28N4O4/c1-2-35-23-6-3-5-22(17-23)20-8-10-21(11-9-20)25(32)29-15-12-27(34,13-16-29)18-30-19-28-31-14-4-7-24(31)26(30)33/h3-11,14,17,19,34H,2,12-13,15-16,18H2,1H3. The van der Waals surface area contributed by atoms with Crippen molar-refractivity contribution in [3.8, 4) is 16.9 Å². The minimum absolute atomic E-state index is 0.0601. The Morgan fingerprint density at radius 3 is 2.57 bits per heavy atom. The molecule has 1 N–H and O–H groups in total. The summed E-state index contributed by atoms with van der Waals surface area (Å²) in [5, 5.41) is 15.3. The molecular weight excluding hydrogens is 444 g/mol. The van der Waals surface area contributed by atoms with Crippen molar-refractivity contribution in [3.63, 3.8) is 0 Å². The lowest BCUT2D eigenvalue weighted by atomic mass is 9.91. The molecule has 35 heavy (non-hydrogen) atoms. The van der Waals surface area contributed by atoms with Crippen LogP contribution in [-0.2, 0) is 6.54 Å². The molecule has 1 aliphatic heterocycles. The molecule has 0 spiro atoms. The second kappa shape index (κ2) is 9.38. The van der Waals surface area contributed by atoms with Gasteiger partial charge in [0, 0.05) is 24.8 Å². The van der Waals surface area contributed by atoms with Crippen molar-refractivity contribution in [2.24, 2.45) is 0 Å². The van der Waals surface area contributed by atoms with Crippen LogP contribution in [0.3, 0.4) is 0 Å². The summed E-state index contributed by atoms with van der Waals surface area (Å²) in [6.45, 7) is 3.55. The normalized spacial score (nSPS) is 15.3. The van der Waals surface area contributed by atoms with Crippen LogP contribution in [0.25, 0.3) is 16.6 Å². The van der Waals surface area contributed by atoms with E-state index in [9.17, 15) is 14.7 Å². The third kappa shape index (κ3) is 4.70. The van der Waals surface area contributed by atoms with Crippen molar-refractivity contribution >= 4 is 11.4 Å². The molecule has 1 aliphatic rings. The van der Waals surface area contributed by atoms with Gasteiger partial charge >= 0.3 is 0 Å². The topological polar surface area (TPSA) is 89.1 Å². The first-order valence-corrected chi connectivity index (χ1v) is 11.8. The Balaban J connectivity index is 1.23. The van der Waals surface area contributed by atoms with Crippen molar-refractivity contribution in [1.82, 2.24) is 19.1 Å². The summed E-state index contributed by atoms with van der Waals surface area (Å²) in [6, 6.07) is 18.9. The van der Waals surface area contributed by atoms with Crippen LogP contribution in [0.15, 0.2) is 78.0 Å². The predicted molar refractivity (Wildman–Crippen MR) is 133 cm³/mol. The maximum atomic E-state index is 13.1. The van der Waals surface area contributed by atoms with Crippen LogP contribution < -0.4 is 10.3 Å². The Morgan fingerprint density at radius 2 is 1.83 bits per heavy atom. The van der Waals surface area contributed by atoms with Crippen molar-refractivity contribution in [1.29, 1.82) is 0 Å². The number of piperidine rings is 1. The monoisotopic (exact) mass is 472 g/mol. The number of nitrogens with zero attached hydrogens (tertiary/aromatic N) is 4. The van der Waals surface area contributed by atoms with E-state index >= 15 is 0 Å². The third-order valence-corrected chi connectivity index (χ3v) is 6.58. The number of amides is 1. The molecule has 0 aliphatic carbocycles. The summed E-state index contributed by atoms with van der Waals surface area (Å²) in [4.78, 5) is 27.5. The van der Waals surface area contributed by atoms with E-state index in [1.54, 1.807) is 23.2 Å². The molecule has 8 heteroatoms. The van der Waals surface area contributed by atoms with Gasteiger partial charge in [-0.05, 0) is 67.3 Å². The Hall–Kier alpha value is -3.91. The van der Waals surface area contributed by atoms with Crippen LogP contribution in [0.4, 0.5) is 0 Å². The molecule has 0 atom stereocenters. The van der Waals surface area contributed by atoms with Crippen LogP contribution in [0.5, 0.6) is 5.75 Å². The van der Waals surface area contributed by atoms with Crippen molar-refractivity contribution in [2.45, 2.75) is 31.9 Å². The first-order chi connectivity index (χ1) is 17.0. The lowest BCUT2D eigenvalue weighted by molar-refractivity contribution is -0.0300. The first kappa shape index (κ1) is 22.9. The van der Waals surface area contributed by atoms with Gasteiger partial charge in [-0.3, -0.25) is 14.2 Å². The molecular formula is C27H28N4O4. The summed E-state index contributed by atoms with van der Waals surface area (Å²) in [6.07, 6.45) is 3.94. The maximum absolute atomic E-state index is 13.1. The molecule has 2 aromatic heterocycles. The lowest BCUT2D eigenvalue weighted by Gasteiger charge is -2.38. The van der Waals surface area contributed by atoms with Crippen LogP contribution >= 0.6 is 0 Å². The van der Waals surface area contributed by atoms with Gasteiger partial charge in [0.25, 0.3) is 11.5 Å². The highest BCUT2D eigenvalue weighted by Crippen LogP contribution is 2.27. The van der Waals surface area contributed by atoms with Gasteiger partial charge in [-0.15, -0.1) is 0 Å². The van der Waals surface area contributed by atoms with Crippen molar-refractivity contribution in [3.05, 3.63) is 89.1 Å². The fourth-order valence-corrected chi connectivity index (χ4v) is 4.59. The second-order valence-corrected chi connectivity index (χ2v) is 8.96. The number of carbonyl (C=O) groups is 1. The van der Waals surface area contributed by atoms with E-state index in [1.807, 2.05) is 55.5 Å². The molecule has 8 nitrogen and oxygen atoms in total. The largest absolute Gasteiger partial charge is 0.494 e. The number of fused-ring (bicyclic) bond motifs is 1. The zero-order chi connectivity index (χ0) is 24.4. The molecule has 0 bridgehead atoms. The Morgan fingerprint density at radius 1 is 1.06 bits per heavy atom. The zero-order valence-electron chi connectivity index (χ0n) is 19.6. The second-order valence-electron chi connectivity index (χ2n) is 8.96. The highest BCUT2D eigenvalue weighted by Gasteiger charge is 2.35. The molecule has 3 heterocycles. The van der Waals surface area contributed by atoms with Gasteiger partial charge in [-0.2, -0.15) is 5.10 Å². The van der Waals surface area contributed by atoms with E-state index in [2.05, 4.69) is 5.10 Å². The molecule has 4 aromatic rings. The smallest absolute Gasteiger partial charge is 0.277 e. The number of hydrogen-bond donors (Lipinski definition) is 1. The summed E-state index contributed by atoms with van der Waals surface area (Å²) < 4.78 is 8.55. The molecule has 0 radical (unpaired) electrons. The minimum atomic E-state index is -1.07. The quantitative estimate of drug-likeness (QED) is 0.466. The highest BCUT2D eigenvalue weighted by molar-refractivity contribution is 5.94. The van der Waals surface area contributed by atoms with Gasteiger partial charge in [-0.1, -0.05) is 24.3 Å². The lowest BCUT2D eigenvalue weighted by Crippen LogP contribution is -2.49. The number of benzene rings is 2. The highest BCUT2D eigenvalue weighted by atomic mass is 16.5. The van der Waals surface area contributed by atoms with Gasteiger partial charge in [-0.25, -0.2) is 4.52 Å². The molecule has 0 saturated carbocycles. The Kier molecular flexibility index (Phi) is 6.13. The number of likely N-dealkylation sites (tertiary alicyclic amines) is 1. The molecule has 180 valence electrons. The van der Waals surface area contributed by atoms with Gasteiger partial charge in [0.2, 0.25) is 0 Å². The average molecular weight is 473 g/mol. The van der Waals surface area contributed by atoms with Crippen LogP contribution in [0.1, 0.15) is 30.1 Å². The number of hydrogen-bond acceptors (Lipinski definition) is 5. The summed E-state index contributed by atoms with van der Waals surface area (Å²) in [5.41, 5.74) is 1.86. The average Bonchev–Trinajstić information content (AvgIpc) is 3.36. The summed E-state index contributed by atoms with van der Waals surface area (Å²) in [7, 11) is 0. The SMILES string of the molecule is CCOc1cccc(-c2ccc(C(=O)N3CCC(O)(Cn4cnn5cccc5c4=O)CC3)cc2)c1. The number of ether oxygens (including phenoxy) is 1. The summed E-state index contributed by atoms with van der Waals surface area (Å²) in [5.74, 6) is 0.757. The van der Waals surface area contributed by atoms with E-state index in [-0.39, 0.29) is 18.0 Å². The van der Waals surface area contributed by atoms with Crippen LogP contribution in [-0.4, -0.2) is 55.4 Å². The Bertz CT molecular complexity index is 1400. The number of carbonyl (C=O) groups excluding carboxylic acids is 1. The molecule has 2 aromatic carbocycles. The predicted octanol–water partition coefficient (Wildman–Crippen LogP) is 3.23. The van der Waals surface area contributed by atoms with Gasteiger partial charge < -0.3 is 14.7 Å². The number of rotatable bonds is 6. The van der Waals surface area contributed by atoms with E-state index in [1.165, 1.54) is 15.4 Å². The number of aromatic nitrogens is 3. The first-order valence-electron chi connectivity index (χ1n) is 11.8. The van der Waals surface area contributed by atoms with Crippen molar-refractivity contribution in [2.75, 3.05) is 19.7 Å². The third-order valence-electron chi connectivity index (χ3n) is 6.58. The van der Waals surface area contributed by atoms with Gasteiger partial charge in [0.05, 0.1) is 18.8 Å². The van der Waals surface area contributed by atoms with E-state index in [4.69, 9.17) is 4.74 Å². The van der Waals surface area contributed by atoms with Crippen molar-refractivity contribution < 1.29 is 14.6 Å². The Labute approximate surface area is 203 Å². The summed E-state index contributed by atoms with van der Waals surface area (Å²) >= 11 is 0. The molecule has 1 amide bonds. The van der Waals surface area contributed by atoms with Gasteiger partial charge in [0.1, 0.15) is 17.6 Å². The van der Waals surface area contributed by atoms with Gasteiger partial charge in [0.15, 0.2) is 0 Å². The molecule has 5 rings (SSSR count). The van der Waals surface area contributed by atoms with E-state index < -0.39 is 5.60 Å². The van der Waals surface area contributed by atoms with Crippen LogP contribution in [0.2, 0.25) is 0 Å². The fourth-order valence-electron chi connectivity index (χ4n) is 4.59. The van der Waals surface area contributed by atoms with E-state index in [0.717, 1.165) is 16.9 Å².